The molecule has 0 bridgehead atoms. The quantitative estimate of drug-likeness (QED) is 0.314. The van der Waals surface area contributed by atoms with E-state index in [4.69, 9.17) is 18.3 Å². The van der Waals surface area contributed by atoms with Crippen molar-refractivity contribution in [3.05, 3.63) is 0 Å². The van der Waals surface area contributed by atoms with E-state index in [0.29, 0.717) is 41.6 Å². The van der Waals surface area contributed by atoms with Gasteiger partial charge in [-0.15, -0.1) is 0 Å². The summed E-state index contributed by atoms with van der Waals surface area (Å²) in [4.78, 5) is 0. The average molecular weight is 635 g/mol. The van der Waals surface area contributed by atoms with Crippen molar-refractivity contribution in [1.29, 1.82) is 0 Å². The van der Waals surface area contributed by atoms with E-state index in [9.17, 15) is 5.11 Å². The van der Waals surface area contributed by atoms with Crippen LogP contribution in [0.1, 0.15) is 99.8 Å². The molecule has 4 aliphatic carbocycles. The summed E-state index contributed by atoms with van der Waals surface area (Å²) in [6.45, 7) is 29.4. The minimum atomic E-state index is -1.93. The maximum absolute atomic E-state index is 12.8. The molecule has 0 amide bonds. The number of fused-ring (bicyclic) bond motifs is 7. The van der Waals surface area contributed by atoms with Crippen molar-refractivity contribution in [3.63, 3.8) is 0 Å². The molecule has 6 fully saturated rings. The topological polar surface area (TPSA) is 57.2 Å². The van der Waals surface area contributed by atoms with Gasteiger partial charge in [-0.2, -0.15) is 0 Å². The van der Waals surface area contributed by atoms with Crippen molar-refractivity contribution >= 4 is 16.6 Å². The summed E-state index contributed by atoms with van der Waals surface area (Å²) in [6.07, 6.45) is 9.25. The molecule has 4 saturated carbocycles. The Bertz CT molecular complexity index is 1040. The lowest BCUT2D eigenvalue weighted by Crippen LogP contribution is -2.67. The predicted octanol–water partition coefficient (Wildman–Crippen LogP) is 8.62. The molecule has 0 unspecified atom stereocenters. The Morgan fingerprint density at radius 1 is 0.860 bits per heavy atom. The first kappa shape index (κ1) is 33.1. The highest BCUT2D eigenvalue weighted by atomic mass is 28.4. The van der Waals surface area contributed by atoms with Crippen molar-refractivity contribution in [1.82, 2.24) is 0 Å². The number of hydrogen-bond acceptors (Lipinski definition) is 5. The van der Waals surface area contributed by atoms with Crippen LogP contribution in [0.15, 0.2) is 0 Å². The maximum Gasteiger partial charge on any atom is 0.192 e. The van der Waals surface area contributed by atoms with Gasteiger partial charge in [0.25, 0.3) is 0 Å². The number of hydrogen-bond donors (Lipinski definition) is 1. The van der Waals surface area contributed by atoms with Crippen LogP contribution in [0, 0.1) is 52.3 Å². The fraction of sp³-hybridized carbons (Fsp3) is 1.00. The number of aliphatic hydroxyl groups is 1. The van der Waals surface area contributed by atoms with E-state index in [-0.39, 0.29) is 34.0 Å². The molecule has 2 aliphatic heterocycles. The molecule has 2 saturated heterocycles. The molecule has 0 aromatic heterocycles. The highest BCUT2D eigenvalue weighted by Gasteiger charge is 2.74. The van der Waals surface area contributed by atoms with Gasteiger partial charge in [-0.3, -0.25) is 0 Å². The van der Waals surface area contributed by atoms with Gasteiger partial charge in [-0.1, -0.05) is 48.5 Å². The van der Waals surface area contributed by atoms with E-state index >= 15 is 0 Å². The summed E-state index contributed by atoms with van der Waals surface area (Å²) in [5, 5.41) is 13.0. The highest BCUT2D eigenvalue weighted by molar-refractivity contribution is 6.74. The van der Waals surface area contributed by atoms with E-state index in [0.717, 1.165) is 25.9 Å². The second-order valence-electron chi connectivity index (χ2n) is 19.3. The highest BCUT2D eigenvalue weighted by Crippen LogP contribution is 2.72. The zero-order chi connectivity index (χ0) is 31.5. The Kier molecular flexibility index (Phi) is 8.19. The molecule has 6 aliphatic rings. The first-order valence-electron chi connectivity index (χ1n) is 18.1. The molecule has 0 aromatic rings. The Hall–Kier alpha value is 0.234. The van der Waals surface area contributed by atoms with E-state index in [1.54, 1.807) is 0 Å². The van der Waals surface area contributed by atoms with Crippen LogP contribution in [0.3, 0.4) is 0 Å². The van der Waals surface area contributed by atoms with Gasteiger partial charge in [0, 0.05) is 29.8 Å². The van der Waals surface area contributed by atoms with Crippen molar-refractivity contribution in [2.75, 3.05) is 6.61 Å². The molecule has 248 valence electrons. The predicted molar refractivity (Wildman–Crippen MR) is 179 cm³/mol. The van der Waals surface area contributed by atoms with E-state index in [2.05, 4.69) is 81.2 Å². The van der Waals surface area contributed by atoms with Gasteiger partial charge in [0.05, 0.1) is 24.9 Å². The van der Waals surface area contributed by atoms with E-state index in [1.165, 1.54) is 32.1 Å². The van der Waals surface area contributed by atoms with Crippen LogP contribution < -0.4 is 0 Å². The van der Waals surface area contributed by atoms with Crippen LogP contribution in [0.4, 0.5) is 0 Å². The number of rotatable bonds is 4. The van der Waals surface area contributed by atoms with E-state index in [1.807, 2.05) is 0 Å². The van der Waals surface area contributed by atoms with Crippen LogP contribution in [0.25, 0.3) is 0 Å². The molecular weight excluding hydrogens is 569 g/mol. The summed E-state index contributed by atoms with van der Waals surface area (Å²) < 4.78 is 27.9. The van der Waals surface area contributed by atoms with Gasteiger partial charge in [0.15, 0.2) is 22.4 Å². The van der Waals surface area contributed by atoms with Crippen LogP contribution >= 0.6 is 0 Å². The van der Waals surface area contributed by atoms with Crippen LogP contribution in [0.5, 0.6) is 0 Å². The van der Waals surface area contributed by atoms with Crippen molar-refractivity contribution in [3.8, 4) is 0 Å². The standard InChI is InChI=1S/C36H66O5Si2/c1-22-15-18-36(38-21-22)23(2)29-28(39-36)20-27-26-14-13-24-19-25(40-43(11,12)33(3,4)5)16-17-34(24,6)30(26)31(41-42(8,9)10)32(37)35(27,29)7/h22-32,37H,13-21H2,1-12H3/t22-,23+,24+,25+,26+,27+,28+,29+,30-,31-,32-,34+,35+,36-/m1/s1. The first-order chi connectivity index (χ1) is 19.7. The molecule has 1 spiro atoms. The summed E-state index contributed by atoms with van der Waals surface area (Å²) >= 11 is 0. The molecular formula is C36H66O5Si2. The average Bonchev–Trinajstić information content (AvgIpc) is 3.33. The summed E-state index contributed by atoms with van der Waals surface area (Å²) in [5.74, 6) is 2.83. The third kappa shape index (κ3) is 5.15. The zero-order valence-corrected chi connectivity index (χ0v) is 31.8. The van der Waals surface area contributed by atoms with Crippen molar-refractivity contribution in [2.24, 2.45) is 52.3 Å². The van der Waals surface area contributed by atoms with Gasteiger partial charge in [-0.25, -0.2) is 0 Å². The lowest BCUT2D eigenvalue weighted by atomic mass is 9.43. The molecule has 6 rings (SSSR count). The molecule has 2 heterocycles. The van der Waals surface area contributed by atoms with Gasteiger partial charge in [-0.05, 0) is 118 Å². The fourth-order valence-electron chi connectivity index (χ4n) is 11.5. The lowest BCUT2D eigenvalue weighted by molar-refractivity contribution is -0.277. The Labute approximate surface area is 266 Å². The summed E-state index contributed by atoms with van der Waals surface area (Å²) in [6, 6.07) is 0. The minimum absolute atomic E-state index is 0.0987. The third-order valence-corrected chi connectivity index (χ3v) is 20.2. The second-order valence-corrected chi connectivity index (χ2v) is 28.5. The Balaban J connectivity index is 1.31. The second kappa shape index (κ2) is 10.6. The summed E-state index contributed by atoms with van der Waals surface area (Å²) in [7, 11) is -3.74. The monoisotopic (exact) mass is 634 g/mol. The molecule has 0 radical (unpaired) electrons. The molecule has 7 heteroatoms. The summed E-state index contributed by atoms with van der Waals surface area (Å²) in [5.41, 5.74) is -0.0335. The van der Waals surface area contributed by atoms with Crippen molar-refractivity contribution in [2.45, 2.75) is 168 Å². The first-order valence-corrected chi connectivity index (χ1v) is 24.4. The molecule has 1 N–H and O–H groups in total. The smallest absolute Gasteiger partial charge is 0.192 e. The lowest BCUT2D eigenvalue weighted by Gasteiger charge is -2.65. The third-order valence-electron chi connectivity index (χ3n) is 14.7. The molecule has 5 nitrogen and oxygen atoms in total. The zero-order valence-electron chi connectivity index (χ0n) is 29.8. The number of aliphatic hydroxyl groups excluding tert-OH is 1. The Morgan fingerprint density at radius 3 is 2.16 bits per heavy atom. The van der Waals surface area contributed by atoms with Crippen LogP contribution in [-0.2, 0) is 18.3 Å². The van der Waals surface area contributed by atoms with Gasteiger partial charge < -0.3 is 23.4 Å². The molecule has 43 heavy (non-hydrogen) atoms. The molecule has 0 aromatic carbocycles. The van der Waals surface area contributed by atoms with Crippen LogP contribution in [-0.4, -0.2) is 58.6 Å². The SMILES string of the molecule is C[C@@H]1CC[C@@]2(OC1)O[C@H]1C[C@H]3[C@@H]4CC[C@H]5C[C@@H](O[Si](C)(C)C(C)(C)C)CC[C@]5(C)[C@H]4[C@@H](O[Si](C)(C)C)[C@@H](O)[C@]3(C)[C@H]1[C@@H]2C. The maximum atomic E-state index is 12.8. The van der Waals surface area contributed by atoms with Gasteiger partial charge in [0.2, 0.25) is 0 Å². The largest absolute Gasteiger partial charge is 0.414 e. The molecule has 14 atom stereocenters. The minimum Gasteiger partial charge on any atom is -0.414 e. The van der Waals surface area contributed by atoms with Gasteiger partial charge >= 0.3 is 0 Å². The number of ether oxygens (including phenoxy) is 2. The fourth-order valence-corrected chi connectivity index (χ4v) is 14.0. The Morgan fingerprint density at radius 2 is 1.56 bits per heavy atom. The van der Waals surface area contributed by atoms with Crippen LogP contribution in [0.2, 0.25) is 37.8 Å². The van der Waals surface area contributed by atoms with Gasteiger partial charge in [0.1, 0.15) is 0 Å². The van der Waals surface area contributed by atoms with Crippen molar-refractivity contribution < 1.29 is 23.4 Å². The normalized spacial score (nSPS) is 52.0. The van der Waals surface area contributed by atoms with E-state index < -0.39 is 28.5 Å².